The van der Waals surface area contributed by atoms with Crippen LogP contribution in [0.3, 0.4) is 0 Å². The number of pyridine rings is 1. The maximum atomic E-state index is 13.4. The molecule has 1 aliphatic heterocycles. The van der Waals surface area contributed by atoms with Gasteiger partial charge in [0.2, 0.25) is 5.69 Å². The second kappa shape index (κ2) is 14.7. The lowest BCUT2D eigenvalue weighted by Gasteiger charge is -2.15. The summed E-state index contributed by atoms with van der Waals surface area (Å²) in [5.41, 5.74) is 6.92. The van der Waals surface area contributed by atoms with Gasteiger partial charge in [-0.15, -0.1) is 0 Å². The molecule has 8 nitrogen and oxygen atoms in total. The van der Waals surface area contributed by atoms with E-state index in [-0.39, 0.29) is 11.6 Å². The summed E-state index contributed by atoms with van der Waals surface area (Å²) in [7, 11) is 0. The molecule has 5 rings (SSSR count). The van der Waals surface area contributed by atoms with Crippen LogP contribution < -0.4 is 20.1 Å². The fraction of sp³-hybridized carbons (Fsp3) is 0.278. The van der Waals surface area contributed by atoms with E-state index in [0.29, 0.717) is 47.7 Å². The maximum Gasteiger partial charge on any atom is 0.251 e. The number of nitrogens with one attached hydrogen (secondary N) is 2. The van der Waals surface area contributed by atoms with Crippen molar-refractivity contribution in [3.8, 4) is 16.9 Å². The fourth-order valence-electron chi connectivity index (χ4n) is 5.19. The van der Waals surface area contributed by atoms with Crippen molar-refractivity contribution in [1.29, 1.82) is 0 Å². The van der Waals surface area contributed by atoms with Gasteiger partial charge in [0.25, 0.3) is 5.91 Å². The Bertz CT molecular complexity index is 1620. The molecule has 3 N–H and O–H groups in total. The molecule has 44 heavy (non-hydrogen) atoms. The van der Waals surface area contributed by atoms with Crippen molar-refractivity contribution in [3.05, 3.63) is 118 Å². The number of anilines is 2. The zero-order chi connectivity index (χ0) is 30.9. The Morgan fingerprint density at radius 1 is 1.02 bits per heavy atom. The summed E-state index contributed by atoms with van der Waals surface area (Å²) in [6.45, 7) is 6.48. The minimum Gasteiger partial charge on any atom is -0.618 e. The molecule has 2 heterocycles. The standard InChI is InChI=1S/C36H39N3O5/c1-3-4-19-43-20-21-44-31-12-8-26(9-13-31)27-10-15-33-29(23-27)24-28(16-17-37-33)36(41)38-30-11-14-32(25(2)22-30)35(40)34-7-5-6-18-39(34)42/h5-15,18,22-24,35,37,40H,3-4,16-17,19-21H2,1-2H3,(H,38,41). The van der Waals surface area contributed by atoms with Crippen LogP contribution in [0, 0.1) is 12.1 Å². The van der Waals surface area contributed by atoms with Crippen LogP contribution >= 0.6 is 0 Å². The average Bonchev–Trinajstić information content (AvgIpc) is 3.25. The van der Waals surface area contributed by atoms with Gasteiger partial charge >= 0.3 is 0 Å². The Labute approximate surface area is 258 Å². The number of nitrogens with zero attached hydrogens (tertiary/aromatic N) is 1. The first-order valence-electron chi connectivity index (χ1n) is 15.1. The first kappa shape index (κ1) is 30.8. The first-order valence-corrected chi connectivity index (χ1v) is 15.1. The number of carbonyl (C=O) groups is 1. The predicted molar refractivity (Wildman–Crippen MR) is 173 cm³/mol. The van der Waals surface area contributed by atoms with E-state index in [9.17, 15) is 15.1 Å². The van der Waals surface area contributed by atoms with Crippen LogP contribution in [0.25, 0.3) is 17.2 Å². The van der Waals surface area contributed by atoms with Crippen molar-refractivity contribution >= 4 is 23.4 Å². The number of hydrogen-bond donors (Lipinski definition) is 3. The number of benzene rings is 3. The largest absolute Gasteiger partial charge is 0.618 e. The first-order chi connectivity index (χ1) is 21.4. The third-order valence-corrected chi connectivity index (χ3v) is 7.67. The summed E-state index contributed by atoms with van der Waals surface area (Å²) in [5.74, 6) is 0.619. The summed E-state index contributed by atoms with van der Waals surface area (Å²) in [5, 5.41) is 29.4. The molecule has 0 fully saturated rings. The molecule has 1 unspecified atom stereocenters. The molecule has 0 bridgehead atoms. The second-order valence-electron chi connectivity index (χ2n) is 10.9. The van der Waals surface area contributed by atoms with E-state index in [0.717, 1.165) is 53.1 Å². The van der Waals surface area contributed by atoms with Crippen molar-refractivity contribution in [3.63, 3.8) is 0 Å². The maximum absolute atomic E-state index is 13.4. The fourth-order valence-corrected chi connectivity index (χ4v) is 5.19. The Morgan fingerprint density at radius 2 is 1.84 bits per heavy atom. The smallest absolute Gasteiger partial charge is 0.251 e. The molecule has 1 aliphatic rings. The molecule has 0 saturated carbocycles. The number of amides is 1. The van der Waals surface area contributed by atoms with E-state index in [1.54, 1.807) is 30.3 Å². The zero-order valence-corrected chi connectivity index (χ0v) is 25.2. The number of carbonyl (C=O) groups excluding carboxylic acids is 1. The zero-order valence-electron chi connectivity index (χ0n) is 25.2. The van der Waals surface area contributed by atoms with Crippen LogP contribution in [0.15, 0.2) is 90.6 Å². The van der Waals surface area contributed by atoms with Gasteiger partial charge in [0.05, 0.1) is 6.61 Å². The van der Waals surface area contributed by atoms with Gasteiger partial charge in [-0.1, -0.05) is 37.6 Å². The molecule has 0 aliphatic carbocycles. The Kier molecular flexibility index (Phi) is 10.3. The number of fused-ring (bicyclic) bond motifs is 1. The number of aliphatic hydroxyl groups is 1. The lowest BCUT2D eigenvalue weighted by molar-refractivity contribution is -0.617. The Hall–Kier alpha value is -4.66. The van der Waals surface area contributed by atoms with E-state index in [4.69, 9.17) is 9.47 Å². The molecule has 1 amide bonds. The molecule has 8 heteroatoms. The van der Waals surface area contributed by atoms with Crippen LogP contribution in [0.1, 0.15) is 54.7 Å². The molecule has 0 saturated heterocycles. The van der Waals surface area contributed by atoms with Crippen LogP contribution in [0.5, 0.6) is 5.75 Å². The summed E-state index contributed by atoms with van der Waals surface area (Å²) in [6, 6.07) is 24.4. The van der Waals surface area contributed by atoms with Crippen molar-refractivity contribution in [2.45, 2.75) is 39.2 Å². The van der Waals surface area contributed by atoms with Gasteiger partial charge in [-0.2, -0.15) is 4.73 Å². The van der Waals surface area contributed by atoms with Gasteiger partial charge in [-0.3, -0.25) is 4.79 Å². The highest BCUT2D eigenvalue weighted by Crippen LogP contribution is 2.31. The van der Waals surface area contributed by atoms with E-state index in [1.807, 2.05) is 49.4 Å². The number of hydrogen-bond acceptors (Lipinski definition) is 6. The average molecular weight is 594 g/mol. The third kappa shape index (κ3) is 7.64. The summed E-state index contributed by atoms with van der Waals surface area (Å²) in [4.78, 5) is 13.4. The van der Waals surface area contributed by atoms with Gasteiger partial charge < -0.3 is 30.4 Å². The minimum absolute atomic E-state index is 0.182. The third-order valence-electron chi connectivity index (χ3n) is 7.67. The molecule has 228 valence electrons. The highest BCUT2D eigenvalue weighted by atomic mass is 16.5. The lowest BCUT2D eigenvalue weighted by Crippen LogP contribution is -2.33. The number of unbranched alkanes of at least 4 members (excludes halogenated alkanes) is 1. The molecule has 4 aromatic rings. The molecule has 0 spiro atoms. The van der Waals surface area contributed by atoms with E-state index >= 15 is 0 Å². The topological polar surface area (TPSA) is 107 Å². The number of aryl methyl sites for hydroxylation is 1. The van der Waals surface area contributed by atoms with Gasteiger partial charge in [-0.25, -0.2) is 0 Å². The van der Waals surface area contributed by atoms with Gasteiger partial charge in [-0.05, 0) is 96.1 Å². The summed E-state index contributed by atoms with van der Waals surface area (Å²) < 4.78 is 12.0. The molecule has 0 radical (unpaired) electrons. The van der Waals surface area contributed by atoms with E-state index in [1.165, 1.54) is 6.20 Å². The number of aromatic nitrogens is 1. The summed E-state index contributed by atoms with van der Waals surface area (Å²) >= 11 is 0. The Morgan fingerprint density at radius 3 is 2.61 bits per heavy atom. The SMILES string of the molecule is CCCCOCCOc1ccc(-c2ccc3c(c2)C=C(C(=O)Nc2ccc(C(O)c4cccc[n+]4[O-])c(C)c2)CCN3)cc1. The molecule has 1 atom stereocenters. The van der Waals surface area contributed by atoms with Gasteiger partial charge in [0.15, 0.2) is 12.3 Å². The molecule has 1 aromatic heterocycles. The molecule has 3 aromatic carbocycles. The van der Waals surface area contributed by atoms with Gasteiger partial charge in [0, 0.05) is 42.2 Å². The van der Waals surface area contributed by atoms with Crippen LogP contribution in [-0.2, 0) is 9.53 Å². The number of ether oxygens (including phenoxy) is 2. The van der Waals surface area contributed by atoms with Crippen LogP contribution in [0.4, 0.5) is 11.4 Å². The monoisotopic (exact) mass is 593 g/mol. The highest BCUT2D eigenvalue weighted by Gasteiger charge is 2.21. The van der Waals surface area contributed by atoms with Gasteiger partial charge in [0.1, 0.15) is 12.4 Å². The minimum atomic E-state index is -1.07. The quantitative estimate of drug-likeness (QED) is 0.0996. The predicted octanol–water partition coefficient (Wildman–Crippen LogP) is 6.41. The Balaban J connectivity index is 1.26. The van der Waals surface area contributed by atoms with Crippen molar-refractivity contribution < 1.29 is 24.1 Å². The number of aliphatic hydroxyl groups excluding tert-OH is 1. The van der Waals surface area contributed by atoms with Crippen LogP contribution in [-0.4, -0.2) is 37.4 Å². The normalized spacial score (nSPS) is 13.2. The molecular formula is C36H39N3O5. The van der Waals surface area contributed by atoms with Crippen molar-refractivity contribution in [2.75, 3.05) is 37.0 Å². The van der Waals surface area contributed by atoms with E-state index < -0.39 is 6.10 Å². The van der Waals surface area contributed by atoms with Crippen LogP contribution in [0.2, 0.25) is 0 Å². The highest BCUT2D eigenvalue weighted by molar-refractivity contribution is 6.07. The van der Waals surface area contributed by atoms with Crippen molar-refractivity contribution in [1.82, 2.24) is 0 Å². The van der Waals surface area contributed by atoms with E-state index in [2.05, 4.69) is 29.7 Å². The number of rotatable bonds is 12. The second-order valence-corrected chi connectivity index (χ2v) is 10.9. The van der Waals surface area contributed by atoms with Crippen molar-refractivity contribution in [2.24, 2.45) is 0 Å². The lowest BCUT2D eigenvalue weighted by atomic mass is 9.99. The summed E-state index contributed by atoms with van der Waals surface area (Å²) in [6.07, 6.45) is 4.98. The molecular weight excluding hydrogens is 554 g/mol.